The van der Waals surface area contributed by atoms with E-state index in [1.807, 2.05) is 33.0 Å². The fourth-order valence-electron chi connectivity index (χ4n) is 1.81. The average molecular weight is 290 g/mol. The second-order valence-electron chi connectivity index (χ2n) is 4.45. The highest BCUT2D eigenvalue weighted by atomic mass is 32.1. The third-order valence-electron chi connectivity index (χ3n) is 2.72. The molecule has 0 fully saturated rings. The normalized spacial score (nSPS) is 10.3. The van der Waals surface area contributed by atoms with Crippen LogP contribution in [0.2, 0.25) is 0 Å². The lowest BCUT2D eigenvalue weighted by molar-refractivity contribution is 0.0951. The van der Waals surface area contributed by atoms with Gasteiger partial charge in [0.25, 0.3) is 5.91 Å². The number of thiazole rings is 1. The molecule has 106 valence electrons. The minimum absolute atomic E-state index is 0.138. The minimum Gasteiger partial charge on any atom is -0.385 e. The van der Waals surface area contributed by atoms with E-state index in [9.17, 15) is 4.79 Å². The Morgan fingerprint density at radius 2 is 2.10 bits per heavy atom. The SMILES string of the molecule is CCNc1cc(C)ncc1C(=O)NCc1ncc(C)s1. The summed E-state index contributed by atoms with van der Waals surface area (Å²) < 4.78 is 0. The lowest BCUT2D eigenvalue weighted by Gasteiger charge is -2.11. The number of amides is 1. The number of anilines is 1. The van der Waals surface area contributed by atoms with Gasteiger partial charge in [-0.25, -0.2) is 4.98 Å². The molecule has 2 N–H and O–H groups in total. The van der Waals surface area contributed by atoms with Crippen molar-refractivity contribution in [3.05, 3.63) is 39.6 Å². The van der Waals surface area contributed by atoms with Crippen LogP contribution in [0, 0.1) is 13.8 Å². The molecule has 0 radical (unpaired) electrons. The van der Waals surface area contributed by atoms with E-state index < -0.39 is 0 Å². The maximum Gasteiger partial charge on any atom is 0.255 e. The standard InChI is InChI=1S/C14H18N4OS/c1-4-15-12-5-9(2)16-7-11(12)14(19)18-8-13-17-6-10(3)20-13/h5-7H,4,8H2,1-3H3,(H,15,16)(H,18,19). The fourth-order valence-corrected chi connectivity index (χ4v) is 2.54. The molecule has 2 heterocycles. The van der Waals surface area contributed by atoms with Gasteiger partial charge in [0.2, 0.25) is 0 Å². The number of nitrogens with one attached hydrogen (secondary N) is 2. The van der Waals surface area contributed by atoms with Crippen LogP contribution in [0.25, 0.3) is 0 Å². The molecule has 2 aromatic heterocycles. The van der Waals surface area contributed by atoms with Crippen LogP contribution in [0.4, 0.5) is 5.69 Å². The van der Waals surface area contributed by atoms with Gasteiger partial charge >= 0.3 is 0 Å². The van der Waals surface area contributed by atoms with Crippen LogP contribution in [0.1, 0.15) is 32.9 Å². The van der Waals surface area contributed by atoms with Crippen molar-refractivity contribution < 1.29 is 4.79 Å². The Hall–Kier alpha value is -1.95. The van der Waals surface area contributed by atoms with Crippen molar-refractivity contribution in [1.29, 1.82) is 0 Å². The van der Waals surface area contributed by atoms with Crippen molar-refractivity contribution in [2.45, 2.75) is 27.3 Å². The molecule has 0 aliphatic rings. The summed E-state index contributed by atoms with van der Waals surface area (Å²) in [6.45, 7) is 7.10. The van der Waals surface area contributed by atoms with E-state index in [1.54, 1.807) is 17.5 Å². The predicted octanol–water partition coefficient (Wildman–Crippen LogP) is 2.52. The van der Waals surface area contributed by atoms with E-state index in [4.69, 9.17) is 0 Å². The van der Waals surface area contributed by atoms with Crippen LogP contribution in [0.3, 0.4) is 0 Å². The molecular weight excluding hydrogens is 272 g/mol. The fraction of sp³-hybridized carbons (Fsp3) is 0.357. The van der Waals surface area contributed by atoms with Gasteiger partial charge in [-0.15, -0.1) is 11.3 Å². The van der Waals surface area contributed by atoms with Crippen molar-refractivity contribution in [3.63, 3.8) is 0 Å². The van der Waals surface area contributed by atoms with Crippen LogP contribution >= 0.6 is 11.3 Å². The van der Waals surface area contributed by atoms with Crippen LogP contribution < -0.4 is 10.6 Å². The molecule has 0 aliphatic heterocycles. The molecule has 0 spiro atoms. The predicted molar refractivity (Wildman–Crippen MR) is 81.2 cm³/mol. The van der Waals surface area contributed by atoms with Crippen molar-refractivity contribution >= 4 is 22.9 Å². The van der Waals surface area contributed by atoms with E-state index >= 15 is 0 Å². The van der Waals surface area contributed by atoms with Crippen LogP contribution in [-0.2, 0) is 6.54 Å². The summed E-state index contributed by atoms with van der Waals surface area (Å²) in [5, 5.41) is 6.97. The van der Waals surface area contributed by atoms with Crippen LogP contribution in [0.15, 0.2) is 18.5 Å². The first kappa shape index (κ1) is 14.5. The summed E-state index contributed by atoms with van der Waals surface area (Å²) in [7, 11) is 0. The van der Waals surface area contributed by atoms with E-state index in [-0.39, 0.29) is 5.91 Å². The number of hydrogen-bond donors (Lipinski definition) is 2. The zero-order valence-corrected chi connectivity index (χ0v) is 12.7. The maximum absolute atomic E-state index is 12.2. The molecule has 5 nitrogen and oxygen atoms in total. The van der Waals surface area contributed by atoms with Gasteiger partial charge in [-0.3, -0.25) is 9.78 Å². The molecule has 0 bridgehead atoms. The molecular formula is C14H18N4OS. The highest BCUT2D eigenvalue weighted by Crippen LogP contribution is 2.16. The summed E-state index contributed by atoms with van der Waals surface area (Å²) in [6, 6.07) is 1.88. The number of rotatable bonds is 5. The Kier molecular flexibility index (Phi) is 4.68. The average Bonchev–Trinajstić information content (AvgIpc) is 2.82. The zero-order valence-electron chi connectivity index (χ0n) is 11.9. The van der Waals surface area contributed by atoms with Gasteiger partial charge in [0.1, 0.15) is 5.01 Å². The number of pyridine rings is 1. The third kappa shape index (κ3) is 3.54. The summed E-state index contributed by atoms with van der Waals surface area (Å²) in [5.74, 6) is -0.138. The number of hydrogen-bond acceptors (Lipinski definition) is 5. The van der Waals surface area contributed by atoms with Gasteiger partial charge in [-0.2, -0.15) is 0 Å². The smallest absolute Gasteiger partial charge is 0.255 e. The quantitative estimate of drug-likeness (QED) is 0.888. The molecule has 2 rings (SSSR count). The molecule has 1 amide bonds. The Balaban J connectivity index is 2.08. The number of carbonyl (C=O) groups is 1. The molecule has 0 unspecified atom stereocenters. The van der Waals surface area contributed by atoms with Crippen LogP contribution in [-0.4, -0.2) is 22.4 Å². The number of aryl methyl sites for hydroxylation is 2. The van der Waals surface area contributed by atoms with Gasteiger partial charge in [-0.05, 0) is 26.8 Å². The summed E-state index contributed by atoms with van der Waals surface area (Å²) >= 11 is 1.58. The highest BCUT2D eigenvalue weighted by molar-refractivity contribution is 7.11. The Labute approximate surface area is 122 Å². The number of nitrogens with zero attached hydrogens (tertiary/aromatic N) is 2. The molecule has 0 aromatic carbocycles. The van der Waals surface area contributed by atoms with E-state index in [0.717, 1.165) is 27.8 Å². The lowest BCUT2D eigenvalue weighted by atomic mass is 10.2. The first-order valence-corrected chi connectivity index (χ1v) is 7.31. The molecule has 2 aromatic rings. The number of carbonyl (C=O) groups excluding carboxylic acids is 1. The van der Waals surface area contributed by atoms with E-state index in [0.29, 0.717) is 12.1 Å². The van der Waals surface area contributed by atoms with Crippen LogP contribution in [0.5, 0.6) is 0 Å². The number of aromatic nitrogens is 2. The maximum atomic E-state index is 12.2. The zero-order chi connectivity index (χ0) is 14.5. The van der Waals surface area contributed by atoms with E-state index in [2.05, 4.69) is 20.6 Å². The molecule has 0 atom stereocenters. The van der Waals surface area contributed by atoms with Gasteiger partial charge in [-0.1, -0.05) is 0 Å². The first-order valence-electron chi connectivity index (χ1n) is 6.50. The summed E-state index contributed by atoms with van der Waals surface area (Å²) in [4.78, 5) is 21.8. The van der Waals surface area contributed by atoms with Gasteiger partial charge < -0.3 is 10.6 Å². The summed E-state index contributed by atoms with van der Waals surface area (Å²) in [5.41, 5.74) is 2.26. The Morgan fingerprint density at radius 3 is 2.75 bits per heavy atom. The molecule has 0 aliphatic carbocycles. The topological polar surface area (TPSA) is 66.9 Å². The largest absolute Gasteiger partial charge is 0.385 e. The summed E-state index contributed by atoms with van der Waals surface area (Å²) in [6.07, 6.45) is 3.42. The molecule has 0 saturated carbocycles. The van der Waals surface area contributed by atoms with Crippen molar-refractivity contribution in [3.8, 4) is 0 Å². The van der Waals surface area contributed by atoms with Crippen molar-refractivity contribution in [1.82, 2.24) is 15.3 Å². The first-order chi connectivity index (χ1) is 9.60. The van der Waals surface area contributed by atoms with Gasteiger partial charge in [0.15, 0.2) is 0 Å². The van der Waals surface area contributed by atoms with Crippen molar-refractivity contribution in [2.24, 2.45) is 0 Å². The Morgan fingerprint density at radius 1 is 1.30 bits per heavy atom. The van der Waals surface area contributed by atoms with Crippen molar-refractivity contribution in [2.75, 3.05) is 11.9 Å². The van der Waals surface area contributed by atoms with E-state index in [1.165, 1.54) is 0 Å². The second-order valence-corrected chi connectivity index (χ2v) is 5.77. The lowest BCUT2D eigenvalue weighted by Crippen LogP contribution is -2.24. The van der Waals surface area contributed by atoms with Gasteiger partial charge in [0.05, 0.1) is 17.8 Å². The Bertz CT molecular complexity index is 609. The van der Waals surface area contributed by atoms with Gasteiger partial charge in [0, 0.05) is 29.5 Å². The third-order valence-corrected chi connectivity index (χ3v) is 3.63. The molecule has 0 saturated heterocycles. The molecule has 6 heteroatoms. The highest BCUT2D eigenvalue weighted by Gasteiger charge is 2.12. The monoisotopic (exact) mass is 290 g/mol. The second kappa shape index (κ2) is 6.47. The minimum atomic E-state index is -0.138. The molecule has 20 heavy (non-hydrogen) atoms.